The van der Waals surface area contributed by atoms with Gasteiger partial charge in [-0.25, -0.2) is 0 Å². The summed E-state index contributed by atoms with van der Waals surface area (Å²) in [6, 6.07) is 28.8. The second kappa shape index (κ2) is 5.60. The molecule has 120 valence electrons. The summed E-state index contributed by atoms with van der Waals surface area (Å²) in [7, 11) is 0. The first-order valence-electron chi connectivity index (χ1n) is 9.04. The normalized spacial score (nSPS) is 16.9. The molecule has 0 radical (unpaired) electrons. The minimum atomic E-state index is -0.203. The van der Waals surface area contributed by atoms with Gasteiger partial charge in [0.05, 0.1) is 5.41 Å². The van der Waals surface area contributed by atoms with Crippen molar-refractivity contribution in [3.8, 4) is 11.1 Å². The first-order chi connectivity index (χ1) is 12.4. The zero-order chi connectivity index (χ0) is 16.7. The van der Waals surface area contributed by atoms with E-state index < -0.39 is 0 Å². The predicted octanol–water partition coefficient (Wildman–Crippen LogP) is 6.28. The fourth-order valence-corrected chi connectivity index (χ4v) is 4.60. The van der Waals surface area contributed by atoms with Crippen LogP contribution in [0.1, 0.15) is 29.5 Å². The predicted molar refractivity (Wildman–Crippen MR) is 105 cm³/mol. The van der Waals surface area contributed by atoms with E-state index in [-0.39, 0.29) is 5.41 Å². The van der Waals surface area contributed by atoms with Gasteiger partial charge >= 0.3 is 0 Å². The summed E-state index contributed by atoms with van der Waals surface area (Å²) in [4.78, 5) is 0. The first kappa shape index (κ1) is 14.5. The lowest BCUT2D eigenvalue weighted by molar-refractivity contribution is 0.751. The zero-order valence-electron chi connectivity index (χ0n) is 14.2. The average Bonchev–Trinajstić information content (AvgIpc) is 3.01. The molecule has 0 aliphatic heterocycles. The van der Waals surface area contributed by atoms with Gasteiger partial charge in [0.25, 0.3) is 0 Å². The molecule has 0 bridgehead atoms. The Kier molecular flexibility index (Phi) is 3.24. The van der Waals surface area contributed by atoms with Crippen LogP contribution in [0.4, 0.5) is 0 Å². The van der Waals surface area contributed by atoms with Crippen molar-refractivity contribution in [3.63, 3.8) is 0 Å². The molecular formula is C25H20. The van der Waals surface area contributed by atoms with Crippen molar-refractivity contribution in [2.24, 2.45) is 0 Å². The van der Waals surface area contributed by atoms with Crippen LogP contribution in [-0.4, -0.2) is 0 Å². The van der Waals surface area contributed by atoms with Crippen LogP contribution in [0, 0.1) is 0 Å². The van der Waals surface area contributed by atoms with E-state index in [1.54, 1.807) is 0 Å². The fourth-order valence-electron chi connectivity index (χ4n) is 4.60. The number of rotatable bonds is 2. The monoisotopic (exact) mass is 320 g/mol. The molecule has 0 spiro atoms. The molecule has 2 aliphatic carbocycles. The topological polar surface area (TPSA) is 0 Å². The fraction of sp³-hybridized carbons (Fsp3) is 0.120. The molecule has 0 nitrogen and oxygen atoms in total. The van der Waals surface area contributed by atoms with Gasteiger partial charge in [-0.15, -0.1) is 0 Å². The number of benzene rings is 3. The largest absolute Gasteiger partial charge is 0.0839 e. The third kappa shape index (κ3) is 1.94. The molecule has 0 amide bonds. The molecule has 3 aromatic carbocycles. The molecule has 0 fully saturated rings. The second-order valence-electron chi connectivity index (χ2n) is 6.85. The molecular weight excluding hydrogens is 300 g/mol. The third-order valence-corrected chi connectivity index (χ3v) is 5.59. The molecule has 0 saturated heterocycles. The summed E-state index contributed by atoms with van der Waals surface area (Å²) < 4.78 is 0. The molecule has 0 aromatic heterocycles. The van der Waals surface area contributed by atoms with E-state index in [1.807, 2.05) is 0 Å². The number of allylic oxidation sites excluding steroid dienone is 4. The number of fused-ring (bicyclic) bond motifs is 3. The van der Waals surface area contributed by atoms with Crippen LogP contribution in [0.2, 0.25) is 0 Å². The van der Waals surface area contributed by atoms with Crippen LogP contribution in [0.15, 0.2) is 103 Å². The standard InChI is InChI=1S/C25H20/c1-3-11-19(12-4-1)25(20-13-5-2-6-14-20)23-17-9-7-15-21(23)22-16-8-10-18-24(22)25/h1,3-5,7-18H,2,6H2. The summed E-state index contributed by atoms with van der Waals surface area (Å²) in [6.07, 6.45) is 9.35. The van der Waals surface area contributed by atoms with Crippen molar-refractivity contribution < 1.29 is 0 Å². The maximum absolute atomic E-state index is 2.44. The molecule has 0 N–H and O–H groups in total. The molecule has 0 saturated carbocycles. The Balaban J connectivity index is 1.94. The van der Waals surface area contributed by atoms with Crippen molar-refractivity contribution in [1.29, 1.82) is 0 Å². The van der Waals surface area contributed by atoms with Gasteiger partial charge in [0.1, 0.15) is 0 Å². The van der Waals surface area contributed by atoms with Gasteiger partial charge < -0.3 is 0 Å². The minimum absolute atomic E-state index is 0.203. The van der Waals surface area contributed by atoms with Gasteiger partial charge in [-0.3, -0.25) is 0 Å². The van der Waals surface area contributed by atoms with Gasteiger partial charge in [0.15, 0.2) is 0 Å². The maximum Gasteiger partial charge on any atom is 0.0710 e. The molecule has 0 atom stereocenters. The van der Waals surface area contributed by atoms with Crippen LogP contribution in [0.5, 0.6) is 0 Å². The highest BCUT2D eigenvalue weighted by Crippen LogP contribution is 2.56. The van der Waals surface area contributed by atoms with Crippen molar-refractivity contribution >= 4 is 0 Å². The van der Waals surface area contributed by atoms with Gasteiger partial charge in [-0.05, 0) is 46.2 Å². The summed E-state index contributed by atoms with van der Waals surface area (Å²) in [5.41, 5.74) is 8.09. The Bertz CT molecular complexity index is 944. The molecule has 5 rings (SSSR count). The van der Waals surface area contributed by atoms with E-state index in [2.05, 4.69) is 97.1 Å². The van der Waals surface area contributed by atoms with E-state index in [1.165, 1.54) is 33.4 Å². The highest BCUT2D eigenvalue weighted by atomic mass is 14.5. The second-order valence-corrected chi connectivity index (χ2v) is 6.85. The smallest absolute Gasteiger partial charge is 0.0710 e. The van der Waals surface area contributed by atoms with Crippen LogP contribution in [-0.2, 0) is 5.41 Å². The Morgan fingerprint density at radius 2 is 1.20 bits per heavy atom. The minimum Gasteiger partial charge on any atom is -0.0839 e. The lowest BCUT2D eigenvalue weighted by Crippen LogP contribution is -2.29. The van der Waals surface area contributed by atoms with Crippen molar-refractivity contribution in [3.05, 3.63) is 119 Å². The lowest BCUT2D eigenvalue weighted by Gasteiger charge is -2.35. The summed E-state index contributed by atoms with van der Waals surface area (Å²) in [6.45, 7) is 0. The zero-order valence-corrected chi connectivity index (χ0v) is 14.2. The Labute approximate surface area is 149 Å². The van der Waals surface area contributed by atoms with E-state index in [4.69, 9.17) is 0 Å². The third-order valence-electron chi connectivity index (χ3n) is 5.59. The molecule has 25 heavy (non-hydrogen) atoms. The van der Waals surface area contributed by atoms with E-state index in [9.17, 15) is 0 Å². The van der Waals surface area contributed by atoms with Gasteiger partial charge in [-0.1, -0.05) is 97.1 Å². The van der Waals surface area contributed by atoms with Crippen LogP contribution < -0.4 is 0 Å². The van der Waals surface area contributed by atoms with Crippen molar-refractivity contribution in [2.75, 3.05) is 0 Å². The van der Waals surface area contributed by atoms with Gasteiger partial charge in [-0.2, -0.15) is 0 Å². The summed E-state index contributed by atoms with van der Waals surface area (Å²) >= 11 is 0. The van der Waals surface area contributed by atoms with Crippen molar-refractivity contribution in [1.82, 2.24) is 0 Å². The van der Waals surface area contributed by atoms with Crippen LogP contribution in [0.3, 0.4) is 0 Å². The molecule has 2 aliphatic rings. The van der Waals surface area contributed by atoms with Gasteiger partial charge in [0, 0.05) is 0 Å². The molecule has 0 heteroatoms. The molecule has 0 unspecified atom stereocenters. The number of hydrogen-bond donors (Lipinski definition) is 0. The lowest BCUT2D eigenvalue weighted by atomic mass is 9.66. The Hall–Kier alpha value is -2.86. The van der Waals surface area contributed by atoms with Gasteiger partial charge in [0.2, 0.25) is 0 Å². The Morgan fingerprint density at radius 1 is 0.600 bits per heavy atom. The van der Waals surface area contributed by atoms with Crippen LogP contribution >= 0.6 is 0 Å². The Morgan fingerprint density at radius 3 is 1.80 bits per heavy atom. The highest BCUT2D eigenvalue weighted by molar-refractivity contribution is 5.86. The highest BCUT2D eigenvalue weighted by Gasteiger charge is 2.46. The maximum atomic E-state index is 2.44. The number of hydrogen-bond acceptors (Lipinski definition) is 0. The summed E-state index contributed by atoms with van der Waals surface area (Å²) in [5, 5.41) is 0. The van der Waals surface area contributed by atoms with Crippen molar-refractivity contribution in [2.45, 2.75) is 18.3 Å². The first-order valence-corrected chi connectivity index (χ1v) is 9.04. The molecule has 0 heterocycles. The van der Waals surface area contributed by atoms with E-state index >= 15 is 0 Å². The average molecular weight is 320 g/mol. The summed E-state index contributed by atoms with van der Waals surface area (Å²) in [5.74, 6) is 0. The quantitative estimate of drug-likeness (QED) is 0.521. The van der Waals surface area contributed by atoms with Crippen LogP contribution in [0.25, 0.3) is 11.1 Å². The van der Waals surface area contributed by atoms with E-state index in [0.717, 1.165) is 12.8 Å². The SMILES string of the molecule is C1=CC(C2(c3ccccc3)c3ccccc3-c3ccccc32)=CCC1. The van der Waals surface area contributed by atoms with E-state index in [0.29, 0.717) is 0 Å². The molecule has 3 aromatic rings.